The van der Waals surface area contributed by atoms with Crippen LogP contribution in [0.3, 0.4) is 0 Å². The molecule has 2 nitrogen and oxygen atoms in total. The molecule has 14 heavy (non-hydrogen) atoms. The lowest BCUT2D eigenvalue weighted by Crippen LogP contribution is -2.26. The van der Waals surface area contributed by atoms with E-state index in [9.17, 15) is 9.59 Å². The number of carbonyl (C=O) groups is 2. The van der Waals surface area contributed by atoms with Crippen molar-refractivity contribution < 1.29 is 9.59 Å². The zero-order chi connectivity index (χ0) is 11.2. The average molecular weight is 239 g/mol. The molecule has 0 aliphatic rings. The van der Waals surface area contributed by atoms with Crippen LogP contribution in [-0.2, 0) is 9.59 Å². The van der Waals surface area contributed by atoms with E-state index in [2.05, 4.69) is 0 Å². The van der Waals surface area contributed by atoms with E-state index in [0.717, 1.165) is 0 Å². The van der Waals surface area contributed by atoms with Crippen molar-refractivity contribution in [2.24, 2.45) is 5.41 Å². The Balaban J connectivity index is 4.22. The Labute approximate surface area is 95.0 Å². The maximum absolute atomic E-state index is 11.3. The summed E-state index contributed by atoms with van der Waals surface area (Å²) in [5.41, 5.74) is -0.464. The quantitative estimate of drug-likeness (QED) is 0.637. The van der Waals surface area contributed by atoms with Gasteiger partial charge in [-0.15, -0.1) is 0 Å². The molecule has 0 N–H and O–H groups in total. The second kappa shape index (κ2) is 6.41. The first-order valence-electron chi connectivity index (χ1n) is 4.86. The van der Waals surface area contributed by atoms with Gasteiger partial charge in [0.1, 0.15) is 0 Å². The molecule has 82 valence electrons. The molecule has 0 bridgehead atoms. The molecule has 0 aromatic carbocycles. The van der Waals surface area contributed by atoms with Crippen molar-refractivity contribution in [1.29, 1.82) is 0 Å². The first-order valence-corrected chi connectivity index (χ1v) is 5.62. The Morgan fingerprint density at radius 2 is 1.64 bits per heavy atom. The Morgan fingerprint density at radius 3 is 1.93 bits per heavy atom. The molecule has 0 unspecified atom stereocenters. The summed E-state index contributed by atoms with van der Waals surface area (Å²) in [5.74, 6) is 0. The highest BCUT2D eigenvalue weighted by molar-refractivity contribution is 6.64. The fourth-order valence-corrected chi connectivity index (χ4v) is 2.04. The second-order valence-corrected chi connectivity index (χ2v) is 4.23. The lowest BCUT2D eigenvalue weighted by Gasteiger charge is -2.26. The molecule has 0 aliphatic carbocycles. The molecule has 0 heterocycles. The Kier molecular flexibility index (Phi) is 6.38. The lowest BCUT2D eigenvalue weighted by atomic mass is 9.79. The third kappa shape index (κ3) is 3.97. The van der Waals surface area contributed by atoms with Crippen molar-refractivity contribution in [2.75, 3.05) is 0 Å². The summed E-state index contributed by atoms with van der Waals surface area (Å²) in [4.78, 5) is 21.8. The molecule has 0 aliphatic heterocycles. The molecule has 0 aromatic heterocycles. The molecular weight excluding hydrogens is 223 g/mol. The monoisotopic (exact) mass is 238 g/mol. The maximum Gasteiger partial charge on any atom is 0.227 e. The minimum absolute atomic E-state index is 0.301. The normalized spacial score (nSPS) is 11.4. The van der Waals surface area contributed by atoms with Crippen molar-refractivity contribution in [2.45, 2.75) is 46.0 Å². The summed E-state index contributed by atoms with van der Waals surface area (Å²) < 4.78 is 0. The van der Waals surface area contributed by atoms with Crippen LogP contribution in [0.1, 0.15) is 46.0 Å². The van der Waals surface area contributed by atoms with E-state index in [-0.39, 0.29) is 10.5 Å². The van der Waals surface area contributed by atoms with Crippen LogP contribution in [0.2, 0.25) is 0 Å². The third-order valence-electron chi connectivity index (χ3n) is 2.80. The van der Waals surface area contributed by atoms with Gasteiger partial charge in [-0.3, -0.25) is 9.59 Å². The lowest BCUT2D eigenvalue weighted by molar-refractivity contribution is -0.122. The predicted molar refractivity (Wildman–Crippen MR) is 58.6 cm³/mol. The first kappa shape index (κ1) is 13.9. The number of rotatable bonds is 7. The molecule has 0 amide bonds. The van der Waals surface area contributed by atoms with Crippen LogP contribution in [0.5, 0.6) is 0 Å². The number of halogens is 2. The van der Waals surface area contributed by atoms with E-state index in [1.807, 2.05) is 13.8 Å². The average Bonchev–Trinajstić information content (AvgIpc) is 2.12. The SMILES string of the molecule is CCC(CC)(CCCC(=O)Cl)C(=O)Cl. The Morgan fingerprint density at radius 1 is 1.14 bits per heavy atom. The van der Waals surface area contributed by atoms with Crippen LogP contribution >= 0.6 is 23.2 Å². The van der Waals surface area contributed by atoms with E-state index in [1.165, 1.54) is 0 Å². The van der Waals surface area contributed by atoms with Gasteiger partial charge in [0.25, 0.3) is 0 Å². The molecule has 0 saturated carbocycles. The minimum atomic E-state index is -0.464. The van der Waals surface area contributed by atoms with Crippen molar-refractivity contribution in [3.63, 3.8) is 0 Å². The first-order chi connectivity index (χ1) is 6.48. The van der Waals surface area contributed by atoms with E-state index in [1.54, 1.807) is 0 Å². The number of carbonyl (C=O) groups excluding carboxylic acids is 2. The van der Waals surface area contributed by atoms with Crippen molar-refractivity contribution in [3.05, 3.63) is 0 Å². The van der Waals surface area contributed by atoms with Crippen LogP contribution in [0.15, 0.2) is 0 Å². The van der Waals surface area contributed by atoms with Gasteiger partial charge >= 0.3 is 0 Å². The smallest absolute Gasteiger partial charge is 0.227 e. The van der Waals surface area contributed by atoms with Crippen LogP contribution < -0.4 is 0 Å². The molecule has 0 radical (unpaired) electrons. The molecule has 4 heteroatoms. The third-order valence-corrected chi connectivity index (χ3v) is 3.39. The zero-order valence-electron chi connectivity index (χ0n) is 8.61. The van der Waals surface area contributed by atoms with E-state index in [4.69, 9.17) is 23.2 Å². The Bertz CT molecular complexity index is 210. The van der Waals surface area contributed by atoms with Crippen molar-refractivity contribution in [1.82, 2.24) is 0 Å². The summed E-state index contributed by atoms with van der Waals surface area (Å²) >= 11 is 10.8. The van der Waals surface area contributed by atoms with Crippen LogP contribution in [0, 0.1) is 5.41 Å². The molecule has 0 atom stereocenters. The summed E-state index contributed by atoms with van der Waals surface area (Å²) in [7, 11) is 0. The van der Waals surface area contributed by atoms with Crippen LogP contribution in [-0.4, -0.2) is 10.5 Å². The van der Waals surface area contributed by atoms with E-state index in [0.29, 0.717) is 32.1 Å². The summed E-state index contributed by atoms with van der Waals surface area (Å²) in [6.45, 7) is 3.87. The van der Waals surface area contributed by atoms with E-state index < -0.39 is 5.41 Å². The topological polar surface area (TPSA) is 34.1 Å². The van der Waals surface area contributed by atoms with Gasteiger partial charge in [0.15, 0.2) is 0 Å². The van der Waals surface area contributed by atoms with Gasteiger partial charge in [-0.05, 0) is 48.9 Å². The minimum Gasteiger partial charge on any atom is -0.281 e. The summed E-state index contributed by atoms with van der Waals surface area (Å²) in [6.07, 6.45) is 3.00. The molecular formula is C10H16Cl2O2. The molecule has 0 aromatic rings. The van der Waals surface area contributed by atoms with Gasteiger partial charge in [-0.25, -0.2) is 0 Å². The highest BCUT2D eigenvalue weighted by Gasteiger charge is 2.32. The van der Waals surface area contributed by atoms with Crippen molar-refractivity contribution >= 4 is 33.7 Å². The summed E-state index contributed by atoms with van der Waals surface area (Å²) in [6, 6.07) is 0. The van der Waals surface area contributed by atoms with Gasteiger partial charge < -0.3 is 0 Å². The van der Waals surface area contributed by atoms with E-state index >= 15 is 0 Å². The fraction of sp³-hybridized carbons (Fsp3) is 0.800. The van der Waals surface area contributed by atoms with Crippen LogP contribution in [0.25, 0.3) is 0 Å². The standard InChI is InChI=1S/C10H16Cl2O2/c1-3-10(4-2,9(12)14)7-5-6-8(11)13/h3-7H2,1-2H3. The largest absolute Gasteiger partial charge is 0.281 e. The Hall–Kier alpha value is -0.0800. The van der Waals surface area contributed by atoms with Crippen molar-refractivity contribution in [3.8, 4) is 0 Å². The molecule has 0 saturated heterocycles. The molecule has 0 fully saturated rings. The maximum atomic E-state index is 11.3. The highest BCUT2D eigenvalue weighted by atomic mass is 35.5. The number of hydrogen-bond acceptors (Lipinski definition) is 2. The second-order valence-electron chi connectivity index (χ2n) is 3.47. The highest BCUT2D eigenvalue weighted by Crippen LogP contribution is 2.35. The van der Waals surface area contributed by atoms with Gasteiger partial charge in [0.05, 0.1) is 0 Å². The number of hydrogen-bond donors (Lipinski definition) is 0. The molecule has 0 rings (SSSR count). The predicted octanol–water partition coefficient (Wildman–Crippen LogP) is 3.49. The molecule has 0 spiro atoms. The fourth-order valence-electron chi connectivity index (χ4n) is 1.55. The van der Waals surface area contributed by atoms with Gasteiger partial charge in [0, 0.05) is 11.8 Å². The summed E-state index contributed by atoms with van der Waals surface area (Å²) in [5, 5.41) is -0.655. The van der Waals surface area contributed by atoms with Crippen LogP contribution in [0.4, 0.5) is 0 Å². The van der Waals surface area contributed by atoms with Gasteiger partial charge in [-0.1, -0.05) is 13.8 Å². The van der Waals surface area contributed by atoms with Gasteiger partial charge in [0.2, 0.25) is 10.5 Å². The zero-order valence-corrected chi connectivity index (χ0v) is 10.1. The van der Waals surface area contributed by atoms with Gasteiger partial charge in [-0.2, -0.15) is 0 Å².